The van der Waals surface area contributed by atoms with E-state index in [4.69, 9.17) is 22.1 Å². The highest BCUT2D eigenvalue weighted by Crippen LogP contribution is 2.53. The highest BCUT2D eigenvalue weighted by Gasteiger charge is 2.57. The quantitative estimate of drug-likeness (QED) is 0.899. The Kier molecular flexibility index (Phi) is 4.36. The number of hydrogen-bond acceptors (Lipinski definition) is 4. The van der Waals surface area contributed by atoms with E-state index in [1.807, 2.05) is 24.3 Å². The molecule has 6 heteroatoms. The molecule has 1 fully saturated rings. The highest BCUT2D eigenvalue weighted by molar-refractivity contribution is 7.92. The third-order valence-corrected chi connectivity index (χ3v) is 6.91. The number of benzene rings is 2. The maximum absolute atomic E-state index is 12.9. The summed E-state index contributed by atoms with van der Waals surface area (Å²) in [5.74, 6) is 0.603. The first-order valence-electron chi connectivity index (χ1n) is 7.32. The molecule has 0 aromatic heterocycles. The van der Waals surface area contributed by atoms with E-state index in [0.29, 0.717) is 16.5 Å². The van der Waals surface area contributed by atoms with Crippen LogP contribution in [0.2, 0.25) is 5.02 Å². The van der Waals surface area contributed by atoms with Crippen LogP contribution in [0.3, 0.4) is 0 Å². The molecule has 122 valence electrons. The summed E-state index contributed by atoms with van der Waals surface area (Å²) in [5, 5.41) is 0.0314. The molecule has 0 amide bonds. The van der Waals surface area contributed by atoms with Crippen LogP contribution >= 0.6 is 11.6 Å². The summed E-state index contributed by atoms with van der Waals surface area (Å²) in [7, 11) is -1.83. The van der Waals surface area contributed by atoms with Crippen LogP contribution in [0.15, 0.2) is 53.4 Å². The molecule has 3 atom stereocenters. The molecule has 3 unspecified atom stereocenters. The minimum atomic E-state index is -3.43. The summed E-state index contributed by atoms with van der Waals surface area (Å²) in [5.41, 5.74) is 6.77. The Morgan fingerprint density at radius 1 is 1.09 bits per heavy atom. The van der Waals surface area contributed by atoms with Crippen molar-refractivity contribution in [2.75, 3.05) is 13.7 Å². The topological polar surface area (TPSA) is 69.4 Å². The molecule has 3 rings (SSSR count). The number of hydrogen-bond donors (Lipinski definition) is 1. The Labute approximate surface area is 141 Å². The summed E-state index contributed by atoms with van der Waals surface area (Å²) in [6, 6.07) is 13.8. The molecule has 2 N–H and O–H groups in total. The van der Waals surface area contributed by atoms with Crippen molar-refractivity contribution < 1.29 is 13.2 Å². The Bertz CT molecular complexity index is 788. The molecule has 23 heavy (non-hydrogen) atoms. The fourth-order valence-corrected chi connectivity index (χ4v) is 5.44. The first-order chi connectivity index (χ1) is 11.0. The Morgan fingerprint density at radius 3 is 2.22 bits per heavy atom. The van der Waals surface area contributed by atoms with E-state index in [1.54, 1.807) is 31.4 Å². The van der Waals surface area contributed by atoms with Gasteiger partial charge in [0.05, 0.1) is 17.3 Å². The standard InChI is InChI=1S/C17H18ClNO3S/c1-22-13-6-2-11(3-7-13)16-15(10-19)17(16)23(20,21)14-8-4-12(18)5-9-14/h2-9,15-17H,10,19H2,1H3. The van der Waals surface area contributed by atoms with Gasteiger partial charge >= 0.3 is 0 Å². The van der Waals surface area contributed by atoms with Crippen molar-refractivity contribution in [3.05, 3.63) is 59.1 Å². The molecule has 0 bridgehead atoms. The first-order valence-corrected chi connectivity index (χ1v) is 9.25. The molecule has 1 aliphatic rings. The first kappa shape index (κ1) is 16.3. The number of nitrogens with two attached hydrogens (primary N) is 1. The number of rotatable bonds is 5. The van der Waals surface area contributed by atoms with Crippen molar-refractivity contribution in [3.8, 4) is 5.75 Å². The van der Waals surface area contributed by atoms with E-state index < -0.39 is 15.1 Å². The molecule has 0 aliphatic heterocycles. The second kappa shape index (κ2) is 6.15. The van der Waals surface area contributed by atoms with Gasteiger partial charge in [-0.25, -0.2) is 8.42 Å². The van der Waals surface area contributed by atoms with Gasteiger partial charge in [0.2, 0.25) is 0 Å². The van der Waals surface area contributed by atoms with E-state index in [2.05, 4.69) is 0 Å². The molecule has 0 heterocycles. The van der Waals surface area contributed by atoms with Gasteiger partial charge in [-0.05, 0) is 54.4 Å². The monoisotopic (exact) mass is 351 g/mol. The Morgan fingerprint density at radius 2 is 1.70 bits per heavy atom. The number of halogens is 1. The maximum atomic E-state index is 12.9. The smallest absolute Gasteiger partial charge is 0.182 e. The largest absolute Gasteiger partial charge is 0.497 e. The number of ether oxygens (including phenoxy) is 1. The third-order valence-electron chi connectivity index (χ3n) is 4.37. The zero-order valence-electron chi connectivity index (χ0n) is 12.6. The van der Waals surface area contributed by atoms with Gasteiger partial charge in [0.1, 0.15) is 5.75 Å². The van der Waals surface area contributed by atoms with Crippen LogP contribution in [0.25, 0.3) is 0 Å². The SMILES string of the molecule is COc1ccc(C2C(CN)C2S(=O)(=O)c2ccc(Cl)cc2)cc1. The molecular formula is C17H18ClNO3S. The number of methoxy groups -OCH3 is 1. The van der Waals surface area contributed by atoms with Crippen molar-refractivity contribution >= 4 is 21.4 Å². The molecule has 2 aromatic carbocycles. The van der Waals surface area contributed by atoms with Crippen molar-refractivity contribution in [2.24, 2.45) is 11.7 Å². The lowest BCUT2D eigenvalue weighted by Crippen LogP contribution is -2.13. The average Bonchev–Trinajstić information content (AvgIpc) is 3.31. The lowest BCUT2D eigenvalue weighted by Gasteiger charge is -2.05. The summed E-state index contributed by atoms with van der Waals surface area (Å²) in [6.45, 7) is 0.341. The summed E-state index contributed by atoms with van der Waals surface area (Å²) < 4.78 is 30.9. The van der Waals surface area contributed by atoms with Gasteiger partial charge in [-0.2, -0.15) is 0 Å². The summed E-state index contributed by atoms with van der Waals surface area (Å²) in [4.78, 5) is 0.293. The van der Waals surface area contributed by atoms with Crippen molar-refractivity contribution in [3.63, 3.8) is 0 Å². The van der Waals surface area contributed by atoms with Gasteiger partial charge in [-0.15, -0.1) is 0 Å². The summed E-state index contributed by atoms with van der Waals surface area (Å²) >= 11 is 5.84. The Hall–Kier alpha value is -1.56. The van der Waals surface area contributed by atoms with Crippen LogP contribution in [0.5, 0.6) is 5.75 Å². The fraction of sp³-hybridized carbons (Fsp3) is 0.294. The van der Waals surface area contributed by atoms with E-state index in [1.165, 1.54) is 0 Å². The zero-order valence-corrected chi connectivity index (χ0v) is 14.2. The van der Waals surface area contributed by atoms with Gasteiger partial charge < -0.3 is 10.5 Å². The van der Waals surface area contributed by atoms with E-state index >= 15 is 0 Å². The Balaban J connectivity index is 1.90. The van der Waals surface area contributed by atoms with Crippen molar-refractivity contribution in [2.45, 2.75) is 16.1 Å². The van der Waals surface area contributed by atoms with Crippen LogP contribution in [0, 0.1) is 5.92 Å². The van der Waals surface area contributed by atoms with Gasteiger partial charge in [0.25, 0.3) is 0 Å². The molecule has 1 aliphatic carbocycles. The average molecular weight is 352 g/mol. The molecule has 1 saturated carbocycles. The molecule has 0 radical (unpaired) electrons. The molecule has 0 saturated heterocycles. The lowest BCUT2D eigenvalue weighted by atomic mass is 10.1. The molecule has 2 aromatic rings. The second-order valence-corrected chi connectivity index (χ2v) is 8.20. The van der Waals surface area contributed by atoms with Crippen molar-refractivity contribution in [1.29, 1.82) is 0 Å². The second-order valence-electron chi connectivity index (χ2n) is 5.66. The predicted octanol–water partition coefficient (Wildman–Crippen LogP) is 2.86. The predicted molar refractivity (Wildman–Crippen MR) is 90.7 cm³/mol. The third kappa shape index (κ3) is 2.96. The lowest BCUT2D eigenvalue weighted by molar-refractivity contribution is 0.414. The van der Waals surface area contributed by atoms with Crippen LogP contribution in [-0.4, -0.2) is 27.3 Å². The van der Waals surface area contributed by atoms with Crippen LogP contribution in [0.4, 0.5) is 0 Å². The van der Waals surface area contributed by atoms with E-state index in [-0.39, 0.29) is 11.8 Å². The molecule has 0 spiro atoms. The van der Waals surface area contributed by atoms with Gasteiger partial charge in [-0.3, -0.25) is 0 Å². The van der Waals surface area contributed by atoms with Crippen LogP contribution in [0.1, 0.15) is 11.5 Å². The van der Waals surface area contributed by atoms with Gasteiger partial charge in [0.15, 0.2) is 9.84 Å². The molecular weight excluding hydrogens is 334 g/mol. The maximum Gasteiger partial charge on any atom is 0.182 e. The van der Waals surface area contributed by atoms with Crippen LogP contribution in [-0.2, 0) is 9.84 Å². The highest BCUT2D eigenvalue weighted by atomic mass is 35.5. The van der Waals surface area contributed by atoms with Crippen LogP contribution < -0.4 is 10.5 Å². The minimum absolute atomic E-state index is 0.0657. The van der Waals surface area contributed by atoms with E-state index in [9.17, 15) is 8.42 Å². The number of sulfone groups is 1. The molecule has 4 nitrogen and oxygen atoms in total. The van der Waals surface area contributed by atoms with E-state index in [0.717, 1.165) is 11.3 Å². The normalized spacial score (nSPS) is 23.5. The zero-order chi connectivity index (χ0) is 16.6. The van der Waals surface area contributed by atoms with Gasteiger partial charge in [-0.1, -0.05) is 23.7 Å². The van der Waals surface area contributed by atoms with Crippen molar-refractivity contribution in [1.82, 2.24) is 0 Å². The summed E-state index contributed by atoms with van der Waals surface area (Å²) in [6.07, 6.45) is 0. The fourth-order valence-electron chi connectivity index (χ4n) is 3.09. The minimum Gasteiger partial charge on any atom is -0.497 e. The van der Waals surface area contributed by atoms with Gasteiger partial charge in [0, 0.05) is 10.9 Å².